The number of aromatic nitrogens is 3. The molecule has 1 aromatic heterocycles. The molecule has 1 fully saturated rings. The molecule has 138 valence electrons. The molecule has 0 spiro atoms. The highest BCUT2D eigenvalue weighted by atomic mass is 35.5. The van der Waals surface area contributed by atoms with Crippen molar-refractivity contribution in [2.75, 3.05) is 13.1 Å². The van der Waals surface area contributed by atoms with Crippen LogP contribution < -0.4 is 5.73 Å². The van der Waals surface area contributed by atoms with Gasteiger partial charge in [0.05, 0.1) is 11.4 Å². The van der Waals surface area contributed by atoms with Gasteiger partial charge in [-0.2, -0.15) is 9.40 Å². The third-order valence-electron chi connectivity index (χ3n) is 4.67. The maximum Gasteiger partial charge on any atom is 0.243 e. The van der Waals surface area contributed by atoms with Crippen molar-refractivity contribution in [1.82, 2.24) is 19.1 Å². The van der Waals surface area contributed by atoms with Gasteiger partial charge in [0.1, 0.15) is 12.7 Å². The van der Waals surface area contributed by atoms with Gasteiger partial charge in [0.25, 0.3) is 0 Å². The highest BCUT2D eigenvalue weighted by Gasteiger charge is 2.39. The Balaban J connectivity index is 0.00000225. The second-order valence-electron chi connectivity index (χ2n) is 6.92. The van der Waals surface area contributed by atoms with Crippen LogP contribution in [0.5, 0.6) is 0 Å². The molecule has 1 aromatic carbocycles. The minimum Gasteiger partial charge on any atom is -0.327 e. The van der Waals surface area contributed by atoms with Crippen molar-refractivity contribution in [3.63, 3.8) is 0 Å². The van der Waals surface area contributed by atoms with E-state index < -0.39 is 10.0 Å². The van der Waals surface area contributed by atoms with Crippen LogP contribution in [-0.4, -0.2) is 46.6 Å². The average molecular weight is 386 g/mol. The number of hydrogen-bond acceptors (Lipinski definition) is 5. The lowest BCUT2D eigenvalue weighted by atomic mass is 9.81. The summed E-state index contributed by atoms with van der Waals surface area (Å²) in [5.41, 5.74) is 6.60. The monoisotopic (exact) mass is 385 g/mol. The van der Waals surface area contributed by atoms with Crippen molar-refractivity contribution < 1.29 is 8.42 Å². The van der Waals surface area contributed by atoms with E-state index in [4.69, 9.17) is 5.73 Å². The quantitative estimate of drug-likeness (QED) is 0.860. The van der Waals surface area contributed by atoms with Gasteiger partial charge in [0.15, 0.2) is 0 Å². The standard InChI is InChI=1S/C16H23N5O2S.ClH/c1-16(2)10-21(8-7-15(16)17)24(22,23)14-6-4-3-5-13(14)9-20-12-18-11-19-20;/h3-6,11-12,15H,7-10,17H2,1-2H3;1H. The molecule has 7 nitrogen and oxygen atoms in total. The normalized spacial score (nSPS) is 20.8. The third kappa shape index (κ3) is 4.03. The van der Waals surface area contributed by atoms with Crippen LogP contribution in [0.2, 0.25) is 0 Å². The molecule has 0 bridgehead atoms. The smallest absolute Gasteiger partial charge is 0.243 e. The summed E-state index contributed by atoms with van der Waals surface area (Å²) in [4.78, 5) is 4.23. The van der Waals surface area contributed by atoms with E-state index in [9.17, 15) is 8.42 Å². The topological polar surface area (TPSA) is 94.1 Å². The molecular formula is C16H24ClN5O2S. The Labute approximate surface area is 154 Å². The van der Waals surface area contributed by atoms with Crippen molar-refractivity contribution in [2.45, 2.75) is 37.8 Å². The van der Waals surface area contributed by atoms with E-state index in [0.717, 1.165) is 0 Å². The van der Waals surface area contributed by atoms with Gasteiger partial charge in [-0.05, 0) is 23.5 Å². The largest absolute Gasteiger partial charge is 0.327 e. The fourth-order valence-corrected chi connectivity index (χ4v) is 4.88. The lowest BCUT2D eigenvalue weighted by molar-refractivity contribution is 0.155. The first-order chi connectivity index (χ1) is 11.3. The molecule has 2 aromatic rings. The Morgan fingerprint density at radius 2 is 2.04 bits per heavy atom. The maximum absolute atomic E-state index is 13.2. The number of nitrogens with two attached hydrogens (primary N) is 1. The first kappa shape index (κ1) is 19.8. The predicted octanol–water partition coefficient (Wildman–Crippen LogP) is 1.50. The van der Waals surface area contributed by atoms with Crippen molar-refractivity contribution in [1.29, 1.82) is 0 Å². The van der Waals surface area contributed by atoms with Crippen LogP contribution in [0.3, 0.4) is 0 Å². The summed E-state index contributed by atoms with van der Waals surface area (Å²) in [5.74, 6) is 0. The molecule has 0 saturated carbocycles. The second kappa shape index (κ2) is 7.41. The lowest BCUT2D eigenvalue weighted by Crippen LogP contribution is -2.53. The number of benzene rings is 1. The molecular weight excluding hydrogens is 362 g/mol. The Morgan fingerprint density at radius 3 is 2.68 bits per heavy atom. The molecule has 1 aliphatic rings. The van der Waals surface area contributed by atoms with Crippen molar-refractivity contribution >= 4 is 22.4 Å². The molecule has 1 unspecified atom stereocenters. The van der Waals surface area contributed by atoms with Crippen molar-refractivity contribution in [3.8, 4) is 0 Å². The summed E-state index contributed by atoms with van der Waals surface area (Å²) in [6.45, 7) is 5.27. The minimum absolute atomic E-state index is 0. The molecule has 2 N–H and O–H groups in total. The average Bonchev–Trinajstić information content (AvgIpc) is 3.03. The molecule has 2 heterocycles. The number of nitrogens with zero attached hydrogens (tertiary/aromatic N) is 4. The summed E-state index contributed by atoms with van der Waals surface area (Å²) >= 11 is 0. The number of piperidine rings is 1. The van der Waals surface area contributed by atoms with Gasteiger partial charge in [-0.3, -0.25) is 0 Å². The van der Waals surface area contributed by atoms with E-state index in [0.29, 0.717) is 36.5 Å². The van der Waals surface area contributed by atoms with Gasteiger partial charge in [-0.15, -0.1) is 12.4 Å². The van der Waals surface area contributed by atoms with E-state index in [1.165, 1.54) is 6.33 Å². The van der Waals surface area contributed by atoms with Crippen LogP contribution in [-0.2, 0) is 16.6 Å². The Bertz CT molecular complexity index is 808. The highest BCUT2D eigenvalue weighted by Crippen LogP contribution is 2.32. The molecule has 25 heavy (non-hydrogen) atoms. The van der Waals surface area contributed by atoms with Crippen LogP contribution in [0.1, 0.15) is 25.8 Å². The first-order valence-corrected chi connectivity index (χ1v) is 9.41. The summed E-state index contributed by atoms with van der Waals surface area (Å²) in [5, 5.41) is 4.06. The lowest BCUT2D eigenvalue weighted by Gasteiger charge is -2.41. The zero-order valence-corrected chi connectivity index (χ0v) is 16.0. The molecule has 3 rings (SSSR count). The molecule has 0 aliphatic carbocycles. The van der Waals surface area contributed by atoms with Crippen LogP contribution in [0.25, 0.3) is 0 Å². The maximum atomic E-state index is 13.2. The van der Waals surface area contributed by atoms with Gasteiger partial charge in [0.2, 0.25) is 10.0 Å². The van der Waals surface area contributed by atoms with Crippen LogP contribution >= 0.6 is 12.4 Å². The number of halogens is 1. The summed E-state index contributed by atoms with van der Waals surface area (Å²) < 4.78 is 29.5. The van der Waals surface area contributed by atoms with Crippen LogP contribution in [0, 0.1) is 5.41 Å². The Kier molecular flexibility index (Phi) is 5.88. The van der Waals surface area contributed by atoms with Gasteiger partial charge >= 0.3 is 0 Å². The van der Waals surface area contributed by atoms with Gasteiger partial charge in [-0.1, -0.05) is 32.0 Å². The second-order valence-corrected chi connectivity index (χ2v) is 8.83. The zero-order chi connectivity index (χ0) is 17.4. The fraction of sp³-hybridized carbons (Fsp3) is 0.500. The van der Waals surface area contributed by atoms with Gasteiger partial charge < -0.3 is 5.73 Å². The minimum atomic E-state index is -3.57. The van der Waals surface area contributed by atoms with E-state index in [2.05, 4.69) is 10.1 Å². The predicted molar refractivity (Wildman–Crippen MR) is 97.9 cm³/mol. The molecule has 1 atom stereocenters. The fourth-order valence-electron chi connectivity index (χ4n) is 3.04. The summed E-state index contributed by atoms with van der Waals surface area (Å²) in [6.07, 6.45) is 3.68. The molecule has 1 saturated heterocycles. The molecule has 0 radical (unpaired) electrons. The van der Waals surface area contributed by atoms with Crippen LogP contribution in [0.4, 0.5) is 0 Å². The molecule has 9 heteroatoms. The number of sulfonamides is 1. The van der Waals surface area contributed by atoms with E-state index >= 15 is 0 Å². The summed E-state index contributed by atoms with van der Waals surface area (Å²) in [7, 11) is -3.57. The molecule has 1 aliphatic heterocycles. The Hall–Kier alpha value is -1.48. The summed E-state index contributed by atoms with van der Waals surface area (Å²) in [6, 6.07) is 7.06. The van der Waals surface area contributed by atoms with Gasteiger partial charge in [0, 0.05) is 19.1 Å². The first-order valence-electron chi connectivity index (χ1n) is 7.97. The van der Waals surface area contributed by atoms with Gasteiger partial charge in [-0.25, -0.2) is 18.1 Å². The van der Waals surface area contributed by atoms with Crippen molar-refractivity contribution in [3.05, 3.63) is 42.5 Å². The van der Waals surface area contributed by atoms with E-state index in [1.54, 1.807) is 27.4 Å². The third-order valence-corrected chi connectivity index (χ3v) is 6.61. The van der Waals surface area contributed by atoms with Crippen LogP contribution in [0.15, 0.2) is 41.8 Å². The SMILES string of the molecule is CC1(C)CN(S(=O)(=O)c2ccccc2Cn2cncn2)CCC1N.Cl. The van der Waals surface area contributed by atoms with Crippen molar-refractivity contribution in [2.24, 2.45) is 11.1 Å². The van der Waals surface area contributed by atoms with E-state index in [1.807, 2.05) is 26.0 Å². The molecule has 0 amide bonds. The Morgan fingerprint density at radius 1 is 1.32 bits per heavy atom. The highest BCUT2D eigenvalue weighted by molar-refractivity contribution is 7.89. The van der Waals surface area contributed by atoms with E-state index in [-0.39, 0.29) is 23.9 Å². The number of rotatable bonds is 4. The number of hydrogen-bond donors (Lipinski definition) is 1. The zero-order valence-electron chi connectivity index (χ0n) is 14.4.